The number of nitrogens with one attached hydrogen (secondary N) is 1. The molecule has 0 bridgehead atoms. The highest BCUT2D eigenvalue weighted by Crippen LogP contribution is 2.48. The summed E-state index contributed by atoms with van der Waals surface area (Å²) in [4.78, 5) is 11.8. The number of ether oxygens (including phenoxy) is 2. The van der Waals surface area contributed by atoms with Crippen molar-refractivity contribution in [2.75, 3.05) is 11.9 Å². The van der Waals surface area contributed by atoms with E-state index in [1.807, 2.05) is 43.3 Å². The average molecular weight is 402 g/mol. The average Bonchev–Trinajstić information content (AvgIpc) is 3.56. The number of hydrogen-bond donors (Lipinski definition) is 1. The van der Waals surface area contributed by atoms with E-state index in [0.29, 0.717) is 19.1 Å². The molecule has 30 heavy (non-hydrogen) atoms. The summed E-state index contributed by atoms with van der Waals surface area (Å²) >= 11 is 0. The van der Waals surface area contributed by atoms with Crippen LogP contribution in [0.1, 0.15) is 36.0 Å². The second-order valence-corrected chi connectivity index (χ2v) is 7.74. The molecule has 1 saturated carbocycles. The summed E-state index contributed by atoms with van der Waals surface area (Å²) in [7, 11) is 0. The van der Waals surface area contributed by atoms with Gasteiger partial charge in [-0.1, -0.05) is 42.0 Å². The second kappa shape index (κ2) is 9.04. The summed E-state index contributed by atoms with van der Waals surface area (Å²) in [6.07, 6.45) is 0.888. The highest BCUT2D eigenvalue weighted by molar-refractivity contribution is 5.77. The number of carbonyl (C=O) groups excluding carboxylic acids is 1. The molecule has 1 aliphatic rings. The third-order valence-corrected chi connectivity index (χ3v) is 5.37. The quantitative estimate of drug-likeness (QED) is 0.466. The first kappa shape index (κ1) is 20.0. The van der Waals surface area contributed by atoms with Gasteiger partial charge in [0.25, 0.3) is 0 Å². The lowest BCUT2D eigenvalue weighted by Gasteiger charge is -2.10. The third kappa shape index (κ3) is 5.01. The molecule has 0 spiro atoms. The molecule has 1 N–H and O–H groups in total. The van der Waals surface area contributed by atoms with Gasteiger partial charge in [0, 0.05) is 12.2 Å². The summed E-state index contributed by atoms with van der Waals surface area (Å²) in [5.41, 5.74) is 4.61. The fraction of sp³-hybridized carbons (Fsp3) is 0.269. The van der Waals surface area contributed by atoms with Gasteiger partial charge in [-0.25, -0.2) is 0 Å². The van der Waals surface area contributed by atoms with Crippen LogP contribution >= 0.6 is 0 Å². The molecule has 4 nitrogen and oxygen atoms in total. The zero-order chi connectivity index (χ0) is 20.9. The Morgan fingerprint density at radius 2 is 1.77 bits per heavy atom. The van der Waals surface area contributed by atoms with Crippen molar-refractivity contribution in [2.45, 2.75) is 32.7 Å². The number of hydrogen-bond acceptors (Lipinski definition) is 4. The van der Waals surface area contributed by atoms with E-state index in [0.717, 1.165) is 29.2 Å². The molecular weight excluding hydrogens is 374 g/mol. The van der Waals surface area contributed by atoms with Crippen molar-refractivity contribution >= 4 is 11.7 Å². The van der Waals surface area contributed by atoms with Gasteiger partial charge in [0.15, 0.2) is 0 Å². The van der Waals surface area contributed by atoms with E-state index in [1.165, 1.54) is 11.1 Å². The molecule has 0 saturated heterocycles. The summed E-state index contributed by atoms with van der Waals surface area (Å²) in [6.45, 7) is 5.06. The standard InChI is InChI=1S/C26H27NO3/c1-3-29-26(28)25-16-24(25)20-9-11-21(12-10-20)27-17-19-5-4-6-23(15-19)30-22-13-7-18(2)8-14-22/h4-15,24-25,27H,3,16-17H2,1-2H3. The smallest absolute Gasteiger partial charge is 0.309 e. The number of carbonyl (C=O) groups is 1. The highest BCUT2D eigenvalue weighted by Gasteiger charge is 2.44. The molecule has 3 aromatic rings. The van der Waals surface area contributed by atoms with E-state index in [9.17, 15) is 4.79 Å². The maximum absolute atomic E-state index is 11.8. The monoisotopic (exact) mass is 401 g/mol. The number of anilines is 1. The van der Waals surface area contributed by atoms with E-state index in [1.54, 1.807) is 0 Å². The van der Waals surface area contributed by atoms with Crippen molar-refractivity contribution in [3.63, 3.8) is 0 Å². The van der Waals surface area contributed by atoms with Crippen molar-refractivity contribution in [1.29, 1.82) is 0 Å². The first-order chi connectivity index (χ1) is 14.6. The lowest BCUT2D eigenvalue weighted by molar-refractivity contribution is -0.144. The topological polar surface area (TPSA) is 47.6 Å². The minimum Gasteiger partial charge on any atom is -0.466 e. The van der Waals surface area contributed by atoms with Gasteiger partial charge in [-0.05, 0) is 73.7 Å². The lowest BCUT2D eigenvalue weighted by atomic mass is 10.1. The lowest BCUT2D eigenvalue weighted by Crippen LogP contribution is -2.07. The predicted octanol–water partition coefficient (Wildman–Crippen LogP) is 6.07. The molecular formula is C26H27NO3. The first-order valence-electron chi connectivity index (χ1n) is 10.5. The van der Waals surface area contributed by atoms with Crippen molar-refractivity contribution in [3.8, 4) is 11.5 Å². The van der Waals surface area contributed by atoms with Gasteiger partial charge < -0.3 is 14.8 Å². The van der Waals surface area contributed by atoms with Crippen molar-refractivity contribution in [2.24, 2.45) is 5.92 Å². The van der Waals surface area contributed by atoms with Crippen LogP contribution in [-0.4, -0.2) is 12.6 Å². The van der Waals surface area contributed by atoms with Crippen molar-refractivity contribution in [3.05, 3.63) is 89.5 Å². The molecule has 2 atom stereocenters. The van der Waals surface area contributed by atoms with E-state index in [4.69, 9.17) is 9.47 Å². The van der Waals surface area contributed by atoms with Gasteiger partial charge >= 0.3 is 5.97 Å². The number of esters is 1. The van der Waals surface area contributed by atoms with Crippen LogP contribution in [0.4, 0.5) is 5.69 Å². The van der Waals surface area contributed by atoms with E-state index < -0.39 is 0 Å². The Kier molecular flexibility index (Phi) is 6.03. The minimum atomic E-state index is -0.0718. The highest BCUT2D eigenvalue weighted by atomic mass is 16.5. The van der Waals surface area contributed by atoms with Gasteiger partial charge in [0.2, 0.25) is 0 Å². The normalized spacial score (nSPS) is 17.3. The van der Waals surface area contributed by atoms with E-state index >= 15 is 0 Å². The Balaban J connectivity index is 1.31. The van der Waals surface area contributed by atoms with Gasteiger partial charge in [-0.2, -0.15) is 0 Å². The van der Waals surface area contributed by atoms with Gasteiger partial charge in [-0.15, -0.1) is 0 Å². The predicted molar refractivity (Wildman–Crippen MR) is 119 cm³/mol. The second-order valence-electron chi connectivity index (χ2n) is 7.74. The fourth-order valence-corrected chi connectivity index (χ4v) is 3.59. The zero-order valence-corrected chi connectivity index (χ0v) is 17.4. The third-order valence-electron chi connectivity index (χ3n) is 5.37. The maximum Gasteiger partial charge on any atom is 0.309 e. The van der Waals surface area contributed by atoms with Crippen LogP contribution in [0.2, 0.25) is 0 Å². The maximum atomic E-state index is 11.8. The molecule has 0 radical (unpaired) electrons. The van der Waals surface area contributed by atoms with Crippen LogP contribution in [0, 0.1) is 12.8 Å². The van der Waals surface area contributed by atoms with Crippen LogP contribution in [0.15, 0.2) is 72.8 Å². The molecule has 0 aliphatic heterocycles. The zero-order valence-electron chi connectivity index (χ0n) is 17.4. The molecule has 3 aromatic carbocycles. The number of aryl methyl sites for hydroxylation is 1. The van der Waals surface area contributed by atoms with Crippen LogP contribution in [-0.2, 0) is 16.1 Å². The van der Waals surface area contributed by atoms with E-state index in [2.05, 4.69) is 48.6 Å². The number of benzene rings is 3. The van der Waals surface area contributed by atoms with Gasteiger partial charge in [-0.3, -0.25) is 4.79 Å². The first-order valence-corrected chi connectivity index (χ1v) is 10.5. The molecule has 4 rings (SSSR count). The van der Waals surface area contributed by atoms with Crippen LogP contribution in [0.3, 0.4) is 0 Å². The molecule has 0 amide bonds. The van der Waals surface area contributed by atoms with Gasteiger partial charge in [0.1, 0.15) is 11.5 Å². The van der Waals surface area contributed by atoms with E-state index in [-0.39, 0.29) is 11.9 Å². The van der Waals surface area contributed by atoms with Crippen LogP contribution < -0.4 is 10.1 Å². The summed E-state index contributed by atoms with van der Waals surface area (Å²) in [6, 6.07) is 24.5. The number of rotatable bonds is 8. The largest absolute Gasteiger partial charge is 0.466 e. The van der Waals surface area contributed by atoms with Crippen molar-refractivity contribution < 1.29 is 14.3 Å². The van der Waals surface area contributed by atoms with Crippen molar-refractivity contribution in [1.82, 2.24) is 0 Å². The Morgan fingerprint density at radius 1 is 1.00 bits per heavy atom. The Morgan fingerprint density at radius 3 is 2.50 bits per heavy atom. The molecule has 1 aliphatic carbocycles. The Hall–Kier alpha value is -3.27. The summed E-state index contributed by atoms with van der Waals surface area (Å²) < 4.78 is 11.1. The van der Waals surface area contributed by atoms with Crippen LogP contribution in [0.5, 0.6) is 11.5 Å². The van der Waals surface area contributed by atoms with Crippen LogP contribution in [0.25, 0.3) is 0 Å². The molecule has 0 heterocycles. The van der Waals surface area contributed by atoms with Gasteiger partial charge in [0.05, 0.1) is 12.5 Å². The summed E-state index contributed by atoms with van der Waals surface area (Å²) in [5.74, 6) is 1.92. The molecule has 154 valence electrons. The minimum absolute atomic E-state index is 0.0278. The summed E-state index contributed by atoms with van der Waals surface area (Å²) in [5, 5.41) is 3.45. The molecule has 2 unspecified atom stereocenters. The fourth-order valence-electron chi connectivity index (χ4n) is 3.59. The Bertz CT molecular complexity index is 996. The molecule has 0 aromatic heterocycles. The molecule has 4 heteroatoms. The Labute approximate surface area is 177 Å². The molecule has 1 fully saturated rings. The SMILES string of the molecule is CCOC(=O)C1CC1c1ccc(NCc2cccc(Oc3ccc(C)cc3)c2)cc1.